The monoisotopic (exact) mass is 468 g/mol. The average molecular weight is 469 g/mol. The molecule has 0 bridgehead atoms. The molecule has 0 radical (unpaired) electrons. The second kappa shape index (κ2) is 8.81. The lowest BCUT2D eigenvalue weighted by Crippen LogP contribution is -2.55. The average Bonchev–Trinajstić information content (AvgIpc) is 3.01. The van der Waals surface area contributed by atoms with E-state index in [9.17, 15) is 4.79 Å². The molecule has 2 heteroatoms. The Bertz CT molecular complexity index is 873. The number of hydrogen-bond donors (Lipinski definition) is 0. The lowest BCUT2D eigenvalue weighted by molar-refractivity contribution is -0.167. The molecule has 4 aliphatic rings. The highest BCUT2D eigenvalue weighted by Gasteiger charge is 2.63. The Hall–Kier alpha value is -1.05. The van der Waals surface area contributed by atoms with E-state index in [0.717, 1.165) is 18.3 Å². The topological polar surface area (TPSA) is 26.3 Å². The molecule has 0 saturated heterocycles. The van der Waals surface area contributed by atoms with Crippen LogP contribution in [0.1, 0.15) is 127 Å². The Labute approximate surface area is 210 Å². The van der Waals surface area contributed by atoms with Crippen LogP contribution in [0, 0.1) is 39.4 Å². The van der Waals surface area contributed by atoms with Gasteiger partial charge in [-0.05, 0) is 112 Å². The minimum Gasteiger partial charge on any atom is -0.462 e. The van der Waals surface area contributed by atoms with Crippen molar-refractivity contribution in [2.75, 3.05) is 0 Å². The van der Waals surface area contributed by atoms with Gasteiger partial charge in [0.1, 0.15) is 6.10 Å². The van der Waals surface area contributed by atoms with Gasteiger partial charge in [0, 0.05) is 12.3 Å². The number of rotatable bonds is 5. The van der Waals surface area contributed by atoms with Gasteiger partial charge in [0.2, 0.25) is 0 Å². The van der Waals surface area contributed by atoms with Gasteiger partial charge in [-0.3, -0.25) is 4.79 Å². The number of carbonyl (C=O) groups excluding carboxylic acids is 1. The third-order valence-corrected chi connectivity index (χ3v) is 11.9. The van der Waals surface area contributed by atoms with E-state index in [0.29, 0.717) is 16.7 Å². The highest BCUT2D eigenvalue weighted by atomic mass is 16.5. The molecule has 0 spiro atoms. The molecule has 2 fully saturated rings. The van der Waals surface area contributed by atoms with Crippen LogP contribution >= 0.6 is 0 Å². The number of esters is 1. The van der Waals surface area contributed by atoms with Crippen molar-refractivity contribution in [3.63, 3.8) is 0 Å². The summed E-state index contributed by atoms with van der Waals surface area (Å²) in [4.78, 5) is 11.8. The first-order chi connectivity index (χ1) is 15.8. The molecular formula is C32H52O2. The van der Waals surface area contributed by atoms with Gasteiger partial charge >= 0.3 is 5.97 Å². The van der Waals surface area contributed by atoms with Gasteiger partial charge in [-0.25, -0.2) is 0 Å². The van der Waals surface area contributed by atoms with Crippen molar-refractivity contribution in [3.05, 3.63) is 22.8 Å². The van der Waals surface area contributed by atoms with Crippen molar-refractivity contribution < 1.29 is 9.53 Å². The van der Waals surface area contributed by atoms with Gasteiger partial charge < -0.3 is 4.74 Å². The van der Waals surface area contributed by atoms with Crippen molar-refractivity contribution in [1.82, 2.24) is 0 Å². The molecule has 2 nitrogen and oxygen atoms in total. The molecule has 0 aromatic rings. The summed E-state index contributed by atoms with van der Waals surface area (Å²) in [6.07, 6.45) is 15.2. The molecule has 0 aromatic heterocycles. The summed E-state index contributed by atoms with van der Waals surface area (Å²) in [6.45, 7) is 21.2. The van der Waals surface area contributed by atoms with E-state index in [1.165, 1.54) is 63.4 Å². The third kappa shape index (κ3) is 3.85. The number of ether oxygens (including phenoxy) is 1. The Morgan fingerprint density at radius 1 is 0.971 bits per heavy atom. The first kappa shape index (κ1) is 26.0. The predicted octanol–water partition coefficient (Wildman–Crippen LogP) is 9.05. The zero-order valence-corrected chi connectivity index (χ0v) is 23.8. The molecule has 4 rings (SSSR count). The molecule has 0 N–H and O–H groups in total. The fraction of sp³-hybridized carbons (Fsp3) is 0.844. The van der Waals surface area contributed by atoms with Crippen LogP contribution in [0.3, 0.4) is 0 Å². The van der Waals surface area contributed by atoms with E-state index < -0.39 is 0 Å². The fourth-order valence-electron chi connectivity index (χ4n) is 9.86. The molecule has 7 atom stereocenters. The summed E-state index contributed by atoms with van der Waals surface area (Å²) in [5.74, 6) is 2.13. The van der Waals surface area contributed by atoms with E-state index in [4.69, 9.17) is 4.74 Å². The van der Waals surface area contributed by atoms with Crippen molar-refractivity contribution in [3.8, 4) is 0 Å². The predicted molar refractivity (Wildman–Crippen MR) is 142 cm³/mol. The minimum atomic E-state index is -0.117. The largest absolute Gasteiger partial charge is 0.462 e. The van der Waals surface area contributed by atoms with Crippen molar-refractivity contribution in [1.29, 1.82) is 0 Å². The molecule has 0 aliphatic heterocycles. The molecule has 1 unspecified atom stereocenters. The standard InChI is InChI=1S/C32H52O2/c1-21(2)11-10-12-22(3)24-15-19-32(9)26-13-14-27-29(5,6)28(34-23(4)33)17-18-30(27,7)25(26)16-20-31(24,32)8/h11,22,24,27-28H,10,12-20H2,1-9H3/t22-,24-,27?,28-,30+,31-,32+/m0/s1. The SMILES string of the molecule is CC(=O)O[C@H]1CC[C@]2(C)C3=C(CCC2C1(C)C)[C@@]1(C)CC[C@@H]([C@@H](C)CCC=C(C)C)[C@]1(C)CC3. The first-order valence-electron chi connectivity index (χ1n) is 14.3. The third-order valence-electron chi connectivity index (χ3n) is 11.9. The Morgan fingerprint density at radius 2 is 1.68 bits per heavy atom. The molecule has 2 saturated carbocycles. The zero-order valence-electron chi connectivity index (χ0n) is 23.8. The number of allylic oxidation sites excluding steroid dienone is 4. The second-order valence-electron chi connectivity index (χ2n) is 14.2. The van der Waals surface area contributed by atoms with Gasteiger partial charge in [-0.2, -0.15) is 0 Å². The molecule has 34 heavy (non-hydrogen) atoms. The van der Waals surface area contributed by atoms with Crippen LogP contribution in [-0.2, 0) is 9.53 Å². The van der Waals surface area contributed by atoms with Crippen molar-refractivity contribution in [2.45, 2.75) is 133 Å². The summed E-state index contributed by atoms with van der Waals surface area (Å²) < 4.78 is 5.87. The van der Waals surface area contributed by atoms with Gasteiger partial charge in [-0.15, -0.1) is 0 Å². The molecule has 0 amide bonds. The van der Waals surface area contributed by atoms with E-state index in [-0.39, 0.29) is 22.9 Å². The summed E-state index contributed by atoms with van der Waals surface area (Å²) >= 11 is 0. The zero-order chi connectivity index (χ0) is 25.1. The highest BCUT2D eigenvalue weighted by molar-refractivity contribution is 5.66. The number of fused-ring (bicyclic) bond motifs is 4. The van der Waals surface area contributed by atoms with Crippen LogP contribution in [-0.4, -0.2) is 12.1 Å². The van der Waals surface area contributed by atoms with Gasteiger partial charge in [0.15, 0.2) is 0 Å². The number of carbonyl (C=O) groups is 1. The van der Waals surface area contributed by atoms with Crippen LogP contribution in [0.4, 0.5) is 0 Å². The summed E-state index contributed by atoms with van der Waals surface area (Å²) in [5.41, 5.74) is 6.25. The van der Waals surface area contributed by atoms with E-state index >= 15 is 0 Å². The highest BCUT2D eigenvalue weighted by Crippen LogP contribution is 2.72. The van der Waals surface area contributed by atoms with Crippen LogP contribution in [0.5, 0.6) is 0 Å². The minimum absolute atomic E-state index is 0.0382. The molecule has 0 aromatic carbocycles. The van der Waals surface area contributed by atoms with E-state index in [2.05, 4.69) is 61.5 Å². The quantitative estimate of drug-likeness (QED) is 0.297. The first-order valence-corrected chi connectivity index (χ1v) is 14.3. The van der Waals surface area contributed by atoms with Crippen LogP contribution in [0.15, 0.2) is 22.8 Å². The van der Waals surface area contributed by atoms with E-state index in [1.807, 2.05) is 11.1 Å². The maximum Gasteiger partial charge on any atom is 0.302 e. The van der Waals surface area contributed by atoms with Crippen LogP contribution in [0.25, 0.3) is 0 Å². The summed E-state index contributed by atoms with van der Waals surface area (Å²) in [5, 5.41) is 0. The molecular weight excluding hydrogens is 416 g/mol. The molecule has 192 valence electrons. The number of hydrogen-bond acceptors (Lipinski definition) is 2. The van der Waals surface area contributed by atoms with Gasteiger partial charge in [-0.1, -0.05) is 64.3 Å². The van der Waals surface area contributed by atoms with Crippen molar-refractivity contribution in [2.24, 2.45) is 39.4 Å². The Morgan fingerprint density at radius 3 is 2.32 bits per heavy atom. The molecule has 4 aliphatic carbocycles. The van der Waals surface area contributed by atoms with Crippen LogP contribution in [0.2, 0.25) is 0 Å². The normalized spacial score (nSPS) is 41.7. The smallest absolute Gasteiger partial charge is 0.302 e. The summed E-state index contributed by atoms with van der Waals surface area (Å²) in [7, 11) is 0. The maximum absolute atomic E-state index is 11.8. The lowest BCUT2D eigenvalue weighted by Gasteiger charge is -2.62. The van der Waals surface area contributed by atoms with Gasteiger partial charge in [0.25, 0.3) is 0 Å². The van der Waals surface area contributed by atoms with Gasteiger partial charge in [0.05, 0.1) is 0 Å². The Kier molecular flexibility index (Phi) is 6.74. The lowest BCUT2D eigenvalue weighted by atomic mass is 9.43. The Balaban J connectivity index is 1.63. The maximum atomic E-state index is 11.8. The van der Waals surface area contributed by atoms with Crippen molar-refractivity contribution >= 4 is 5.97 Å². The second-order valence-corrected chi connectivity index (χ2v) is 14.2. The fourth-order valence-corrected chi connectivity index (χ4v) is 9.86. The van der Waals surface area contributed by atoms with Crippen LogP contribution < -0.4 is 0 Å². The summed E-state index contributed by atoms with van der Waals surface area (Å²) in [6, 6.07) is 0. The van der Waals surface area contributed by atoms with E-state index in [1.54, 1.807) is 6.92 Å². The molecule has 0 heterocycles.